The Morgan fingerprint density at radius 2 is 1.71 bits per heavy atom. The van der Waals surface area contributed by atoms with Crippen LogP contribution in [0.15, 0.2) is 78.6 Å². The smallest absolute Gasteiger partial charge is 0.300 e. The van der Waals surface area contributed by atoms with Crippen molar-refractivity contribution < 1.29 is 14.7 Å². The van der Waals surface area contributed by atoms with Gasteiger partial charge in [0.25, 0.3) is 11.7 Å². The molecule has 0 saturated carbocycles. The van der Waals surface area contributed by atoms with E-state index in [0.717, 1.165) is 11.1 Å². The summed E-state index contributed by atoms with van der Waals surface area (Å²) in [6.07, 6.45) is 3.13. The molecular weight excluding hydrogens is 412 g/mol. The highest BCUT2D eigenvalue weighted by molar-refractivity contribution is 6.51. The third kappa shape index (κ3) is 3.84. The van der Waals surface area contributed by atoms with Crippen LogP contribution in [0.1, 0.15) is 42.5 Å². The number of rotatable bonds is 4. The summed E-state index contributed by atoms with van der Waals surface area (Å²) in [5.74, 6) is -1.34. The zero-order valence-corrected chi connectivity index (χ0v) is 17.9. The Bertz CT molecular complexity index is 1150. The lowest BCUT2D eigenvalue weighted by Gasteiger charge is -2.25. The first-order valence-electron chi connectivity index (χ1n) is 9.95. The quantitative estimate of drug-likeness (QED) is 0.336. The van der Waals surface area contributed by atoms with Crippen LogP contribution in [0.2, 0.25) is 5.02 Å². The van der Waals surface area contributed by atoms with Gasteiger partial charge in [0.1, 0.15) is 5.76 Å². The van der Waals surface area contributed by atoms with Crippen LogP contribution in [0.5, 0.6) is 0 Å². The van der Waals surface area contributed by atoms with Crippen molar-refractivity contribution in [2.24, 2.45) is 0 Å². The monoisotopic (exact) mass is 432 g/mol. The molecule has 1 fully saturated rings. The number of amides is 1. The molecule has 1 aliphatic heterocycles. The van der Waals surface area contributed by atoms with Gasteiger partial charge in [0, 0.05) is 16.8 Å². The van der Waals surface area contributed by atoms with Crippen molar-refractivity contribution in [3.05, 3.63) is 100 Å². The lowest BCUT2D eigenvalue weighted by Crippen LogP contribution is -2.29. The van der Waals surface area contributed by atoms with Crippen molar-refractivity contribution in [1.82, 2.24) is 4.98 Å². The number of hydrogen-bond acceptors (Lipinski definition) is 4. The van der Waals surface area contributed by atoms with E-state index >= 15 is 0 Å². The number of hydrogen-bond donors (Lipinski definition) is 1. The molecule has 0 radical (unpaired) electrons. The zero-order valence-electron chi connectivity index (χ0n) is 17.1. The fourth-order valence-electron chi connectivity index (χ4n) is 3.74. The summed E-state index contributed by atoms with van der Waals surface area (Å²) >= 11 is 5.96. The second-order valence-corrected chi connectivity index (χ2v) is 8.15. The Morgan fingerprint density at radius 1 is 1.03 bits per heavy atom. The number of aromatic nitrogens is 1. The molecule has 1 atom stereocenters. The lowest BCUT2D eigenvalue weighted by atomic mass is 9.93. The van der Waals surface area contributed by atoms with Crippen LogP contribution in [0, 0.1) is 0 Å². The molecule has 1 amide bonds. The molecule has 0 aliphatic carbocycles. The van der Waals surface area contributed by atoms with Crippen molar-refractivity contribution in [1.29, 1.82) is 0 Å². The summed E-state index contributed by atoms with van der Waals surface area (Å²) in [4.78, 5) is 31.6. The number of nitrogens with zero attached hydrogens (tertiary/aromatic N) is 2. The number of carbonyl (C=O) groups excluding carboxylic acids is 2. The maximum atomic E-state index is 13.1. The maximum absolute atomic E-state index is 13.1. The molecule has 1 saturated heterocycles. The summed E-state index contributed by atoms with van der Waals surface area (Å²) in [5, 5.41) is 11.6. The third-order valence-electron chi connectivity index (χ3n) is 5.41. The van der Waals surface area contributed by atoms with E-state index in [1.54, 1.807) is 42.6 Å². The van der Waals surface area contributed by atoms with Gasteiger partial charge in [0.2, 0.25) is 0 Å². The predicted molar refractivity (Wildman–Crippen MR) is 121 cm³/mol. The first kappa shape index (κ1) is 20.8. The van der Waals surface area contributed by atoms with E-state index in [1.807, 2.05) is 24.3 Å². The fraction of sp³-hybridized carbons (Fsp3) is 0.160. The number of Topliss-reactive ketones (excluding diaryl/α,β-unsaturated/α-hetero) is 1. The number of aliphatic hydroxyl groups is 1. The Morgan fingerprint density at radius 3 is 2.29 bits per heavy atom. The number of ketones is 1. The number of carbonyl (C=O) groups is 2. The fourth-order valence-corrected chi connectivity index (χ4v) is 3.86. The van der Waals surface area contributed by atoms with Crippen molar-refractivity contribution >= 4 is 34.7 Å². The van der Waals surface area contributed by atoms with Gasteiger partial charge in [-0.05, 0) is 53.4 Å². The van der Waals surface area contributed by atoms with Crippen LogP contribution < -0.4 is 4.90 Å². The van der Waals surface area contributed by atoms with Gasteiger partial charge in [-0.2, -0.15) is 0 Å². The molecule has 6 heteroatoms. The second-order valence-electron chi connectivity index (χ2n) is 7.71. The molecule has 2 heterocycles. The third-order valence-corrected chi connectivity index (χ3v) is 5.66. The molecular formula is C25H21ClN2O3. The molecule has 4 rings (SSSR count). The summed E-state index contributed by atoms with van der Waals surface area (Å²) in [6.45, 7) is 4.19. The van der Waals surface area contributed by atoms with E-state index in [4.69, 9.17) is 11.6 Å². The van der Waals surface area contributed by atoms with Gasteiger partial charge in [-0.3, -0.25) is 19.5 Å². The zero-order chi connectivity index (χ0) is 22.1. The van der Waals surface area contributed by atoms with E-state index in [1.165, 1.54) is 11.1 Å². The first-order chi connectivity index (χ1) is 14.9. The Kier molecular flexibility index (Phi) is 5.61. The molecule has 1 unspecified atom stereocenters. The topological polar surface area (TPSA) is 70.5 Å². The Hall–Kier alpha value is -3.44. The second kappa shape index (κ2) is 8.36. The van der Waals surface area contributed by atoms with E-state index < -0.39 is 17.7 Å². The largest absolute Gasteiger partial charge is 0.507 e. The van der Waals surface area contributed by atoms with Gasteiger partial charge in [-0.25, -0.2) is 0 Å². The molecule has 3 aromatic rings. The molecule has 0 bridgehead atoms. The van der Waals surface area contributed by atoms with Crippen LogP contribution in [-0.2, 0) is 9.59 Å². The normalized spacial score (nSPS) is 18.1. The van der Waals surface area contributed by atoms with Crippen molar-refractivity contribution in [3.63, 3.8) is 0 Å². The molecule has 1 aliphatic rings. The van der Waals surface area contributed by atoms with Crippen molar-refractivity contribution in [3.8, 4) is 0 Å². The minimum absolute atomic E-state index is 0.0356. The lowest BCUT2D eigenvalue weighted by molar-refractivity contribution is -0.132. The van der Waals surface area contributed by atoms with Crippen LogP contribution in [0.3, 0.4) is 0 Å². The summed E-state index contributed by atoms with van der Waals surface area (Å²) in [7, 11) is 0. The highest BCUT2D eigenvalue weighted by Crippen LogP contribution is 2.42. The molecule has 0 spiro atoms. The van der Waals surface area contributed by atoms with Crippen LogP contribution in [-0.4, -0.2) is 21.8 Å². The highest BCUT2D eigenvalue weighted by atomic mass is 35.5. The van der Waals surface area contributed by atoms with Crippen LogP contribution in [0.4, 0.5) is 5.69 Å². The molecule has 1 aromatic heterocycles. The number of halogens is 1. The van der Waals surface area contributed by atoms with E-state index in [-0.39, 0.29) is 11.3 Å². The average molecular weight is 433 g/mol. The van der Waals surface area contributed by atoms with Gasteiger partial charge in [-0.15, -0.1) is 0 Å². The molecule has 156 valence electrons. The van der Waals surface area contributed by atoms with Gasteiger partial charge < -0.3 is 5.11 Å². The summed E-state index contributed by atoms with van der Waals surface area (Å²) < 4.78 is 0. The Labute approximate surface area is 185 Å². The van der Waals surface area contributed by atoms with Crippen molar-refractivity contribution in [2.75, 3.05) is 4.90 Å². The van der Waals surface area contributed by atoms with Crippen LogP contribution >= 0.6 is 11.6 Å². The average Bonchev–Trinajstić information content (AvgIpc) is 3.05. The van der Waals surface area contributed by atoms with E-state index in [0.29, 0.717) is 22.2 Å². The minimum Gasteiger partial charge on any atom is -0.507 e. The van der Waals surface area contributed by atoms with Gasteiger partial charge in [0.15, 0.2) is 0 Å². The van der Waals surface area contributed by atoms with Gasteiger partial charge in [0.05, 0.1) is 23.5 Å². The van der Waals surface area contributed by atoms with E-state index in [9.17, 15) is 14.7 Å². The minimum atomic E-state index is -0.777. The summed E-state index contributed by atoms with van der Waals surface area (Å²) in [5.41, 5.74) is 2.80. The number of benzene rings is 2. The molecule has 1 N–H and O–H groups in total. The highest BCUT2D eigenvalue weighted by Gasteiger charge is 2.47. The maximum Gasteiger partial charge on any atom is 0.300 e. The molecule has 2 aromatic carbocycles. The Balaban J connectivity index is 1.91. The number of pyridine rings is 1. The number of anilines is 1. The molecule has 31 heavy (non-hydrogen) atoms. The van der Waals surface area contributed by atoms with Crippen molar-refractivity contribution in [2.45, 2.75) is 25.8 Å². The van der Waals surface area contributed by atoms with E-state index in [2.05, 4.69) is 18.8 Å². The van der Waals surface area contributed by atoms with Crippen LogP contribution in [0.25, 0.3) is 5.76 Å². The van der Waals surface area contributed by atoms with Gasteiger partial charge >= 0.3 is 0 Å². The number of aliphatic hydroxyl groups excluding tert-OH is 1. The first-order valence-corrected chi connectivity index (χ1v) is 10.3. The standard InChI is InChI=1S/C25H21ClN2O3/c1-15(2)16-5-7-17(8-6-16)22-21(23(29)18-9-11-19(26)12-10-18)24(30)25(31)28(22)20-4-3-13-27-14-20/h3-15,22,29H,1-2H3/b23-21-. The summed E-state index contributed by atoms with van der Waals surface area (Å²) in [6, 6.07) is 16.9. The SMILES string of the molecule is CC(C)c1ccc(C2/C(=C(/O)c3ccc(Cl)cc3)C(=O)C(=O)N2c2cccnc2)cc1. The molecule has 5 nitrogen and oxygen atoms in total. The predicted octanol–water partition coefficient (Wildman–Crippen LogP) is 5.48. The van der Waals surface area contributed by atoms with Gasteiger partial charge in [-0.1, -0.05) is 49.7 Å².